The Morgan fingerprint density at radius 3 is 1.59 bits per heavy atom. The van der Waals surface area contributed by atoms with Crippen LogP contribution >= 0.6 is 0 Å². The van der Waals surface area contributed by atoms with Gasteiger partial charge in [0, 0.05) is 0 Å². The van der Waals surface area contributed by atoms with E-state index >= 15 is 4.39 Å². The molecule has 29 heavy (non-hydrogen) atoms. The SMILES string of the molecule is CC1=CC=C(C2=CC(F)=C(C3=C(F)C=C(C4=CC(C)=C(C)CC4)CC3)CC2)CC1. The molecule has 0 saturated heterocycles. The van der Waals surface area contributed by atoms with Crippen molar-refractivity contribution in [1.82, 2.24) is 0 Å². The van der Waals surface area contributed by atoms with Crippen LogP contribution in [-0.4, -0.2) is 0 Å². The molecule has 4 aliphatic rings. The predicted molar refractivity (Wildman–Crippen MR) is 118 cm³/mol. The Morgan fingerprint density at radius 2 is 1.07 bits per heavy atom. The van der Waals surface area contributed by atoms with Gasteiger partial charge >= 0.3 is 0 Å². The molecule has 0 fully saturated rings. The van der Waals surface area contributed by atoms with Crippen LogP contribution in [0.1, 0.15) is 72.1 Å². The maximum absolute atomic E-state index is 15.0. The maximum atomic E-state index is 15.0. The van der Waals surface area contributed by atoms with Gasteiger partial charge in [0.25, 0.3) is 0 Å². The summed E-state index contributed by atoms with van der Waals surface area (Å²) in [5, 5.41) is 0. The molecule has 0 atom stereocenters. The molecule has 0 aromatic heterocycles. The van der Waals surface area contributed by atoms with Gasteiger partial charge in [0.2, 0.25) is 0 Å². The molecular weight excluding hydrogens is 362 g/mol. The molecule has 152 valence electrons. The van der Waals surface area contributed by atoms with Crippen LogP contribution in [0.4, 0.5) is 8.78 Å². The van der Waals surface area contributed by atoms with Crippen molar-refractivity contribution >= 4 is 0 Å². The molecule has 0 aromatic carbocycles. The van der Waals surface area contributed by atoms with E-state index in [9.17, 15) is 4.39 Å². The predicted octanol–water partition coefficient (Wildman–Crippen LogP) is 8.60. The molecule has 0 aliphatic heterocycles. The Morgan fingerprint density at radius 1 is 0.552 bits per heavy atom. The van der Waals surface area contributed by atoms with Crippen LogP contribution in [0.15, 0.2) is 92.2 Å². The molecule has 0 aromatic rings. The summed E-state index contributed by atoms with van der Waals surface area (Å²) < 4.78 is 30.0. The molecule has 4 aliphatic carbocycles. The van der Waals surface area contributed by atoms with Gasteiger partial charge in [-0.15, -0.1) is 0 Å². The largest absolute Gasteiger partial charge is 0.207 e. The lowest BCUT2D eigenvalue weighted by atomic mass is 9.80. The molecule has 4 rings (SSSR count). The van der Waals surface area contributed by atoms with E-state index in [0.29, 0.717) is 24.0 Å². The van der Waals surface area contributed by atoms with Gasteiger partial charge in [-0.3, -0.25) is 0 Å². The average molecular weight is 393 g/mol. The first-order chi connectivity index (χ1) is 13.9. The topological polar surface area (TPSA) is 0 Å². The fourth-order valence-corrected chi connectivity index (χ4v) is 4.72. The van der Waals surface area contributed by atoms with E-state index in [0.717, 1.165) is 49.7 Å². The van der Waals surface area contributed by atoms with Crippen molar-refractivity contribution in [2.75, 3.05) is 0 Å². The van der Waals surface area contributed by atoms with Gasteiger partial charge in [-0.1, -0.05) is 34.9 Å². The highest BCUT2D eigenvalue weighted by atomic mass is 19.1. The average Bonchev–Trinajstić information content (AvgIpc) is 2.71. The second-order valence-corrected chi connectivity index (χ2v) is 8.83. The summed E-state index contributed by atoms with van der Waals surface area (Å²) in [5.41, 5.74) is 9.87. The van der Waals surface area contributed by atoms with Crippen molar-refractivity contribution in [2.24, 2.45) is 0 Å². The van der Waals surface area contributed by atoms with E-state index in [4.69, 9.17) is 0 Å². The molecule has 0 heterocycles. The number of rotatable bonds is 3. The van der Waals surface area contributed by atoms with Crippen LogP contribution in [-0.2, 0) is 0 Å². The monoisotopic (exact) mass is 392 g/mol. The second-order valence-electron chi connectivity index (χ2n) is 8.83. The van der Waals surface area contributed by atoms with Gasteiger partial charge in [-0.05, 0) is 118 Å². The van der Waals surface area contributed by atoms with Gasteiger partial charge in [0.15, 0.2) is 0 Å². The highest BCUT2D eigenvalue weighted by molar-refractivity contribution is 5.53. The van der Waals surface area contributed by atoms with E-state index in [-0.39, 0.29) is 11.7 Å². The summed E-state index contributed by atoms with van der Waals surface area (Å²) >= 11 is 0. The lowest BCUT2D eigenvalue weighted by Gasteiger charge is -2.25. The maximum Gasteiger partial charge on any atom is 0.127 e. The third-order valence-corrected chi connectivity index (χ3v) is 6.85. The summed E-state index contributed by atoms with van der Waals surface area (Å²) in [7, 11) is 0. The van der Waals surface area contributed by atoms with E-state index in [1.807, 2.05) is 0 Å². The molecule has 0 N–H and O–H groups in total. The Labute approximate surface area is 173 Å². The van der Waals surface area contributed by atoms with Crippen molar-refractivity contribution in [3.63, 3.8) is 0 Å². The van der Waals surface area contributed by atoms with Crippen molar-refractivity contribution < 1.29 is 8.78 Å². The third kappa shape index (κ3) is 4.22. The van der Waals surface area contributed by atoms with Gasteiger partial charge in [0.05, 0.1) is 0 Å². The minimum Gasteiger partial charge on any atom is -0.207 e. The molecule has 0 saturated carbocycles. The zero-order valence-electron chi connectivity index (χ0n) is 17.8. The van der Waals surface area contributed by atoms with Gasteiger partial charge in [-0.2, -0.15) is 0 Å². The van der Waals surface area contributed by atoms with E-state index in [2.05, 4.69) is 39.0 Å². The highest BCUT2D eigenvalue weighted by Gasteiger charge is 2.25. The van der Waals surface area contributed by atoms with Gasteiger partial charge in [0.1, 0.15) is 11.7 Å². The molecule has 0 bridgehead atoms. The second kappa shape index (κ2) is 8.26. The van der Waals surface area contributed by atoms with E-state index in [1.54, 1.807) is 12.2 Å². The first-order valence-corrected chi connectivity index (χ1v) is 10.8. The third-order valence-electron chi connectivity index (χ3n) is 6.85. The van der Waals surface area contributed by atoms with Crippen LogP contribution in [0.5, 0.6) is 0 Å². The summed E-state index contributed by atoms with van der Waals surface area (Å²) in [5.74, 6) is -0.486. The van der Waals surface area contributed by atoms with E-state index < -0.39 is 0 Å². The summed E-state index contributed by atoms with van der Waals surface area (Å²) in [4.78, 5) is 0. The molecule has 0 radical (unpaired) electrons. The van der Waals surface area contributed by atoms with Crippen LogP contribution in [0, 0.1) is 0 Å². The van der Waals surface area contributed by atoms with Crippen molar-refractivity contribution in [2.45, 2.75) is 72.1 Å². The minimum atomic E-state index is -0.244. The number of hydrogen-bond donors (Lipinski definition) is 0. The van der Waals surface area contributed by atoms with Crippen LogP contribution in [0.3, 0.4) is 0 Å². The fourth-order valence-electron chi connectivity index (χ4n) is 4.72. The molecule has 0 amide bonds. The van der Waals surface area contributed by atoms with Crippen molar-refractivity contribution in [3.05, 3.63) is 92.2 Å². The zero-order valence-corrected chi connectivity index (χ0v) is 17.8. The van der Waals surface area contributed by atoms with Crippen LogP contribution in [0.2, 0.25) is 0 Å². The van der Waals surface area contributed by atoms with Gasteiger partial charge < -0.3 is 0 Å². The Bertz CT molecular complexity index is 984. The van der Waals surface area contributed by atoms with Gasteiger partial charge in [-0.25, -0.2) is 8.78 Å². The first-order valence-electron chi connectivity index (χ1n) is 10.8. The summed E-state index contributed by atoms with van der Waals surface area (Å²) in [6.07, 6.45) is 16.6. The standard InChI is InChI=1S/C27H30F2/c1-17-4-7-20(8-5-17)22-10-12-24(26(28)15-22)25-13-11-23(16-27(25)29)21-9-6-18(2)19(3)14-21/h4,7,14-16H,5-6,8-13H2,1-3H3. The first kappa shape index (κ1) is 20.1. The fraction of sp³-hybridized carbons (Fsp3) is 0.407. The lowest BCUT2D eigenvalue weighted by Crippen LogP contribution is -2.08. The molecular formula is C27H30F2. The quantitative estimate of drug-likeness (QED) is 0.451. The number of allylic oxidation sites excluding steroid dienone is 16. The summed E-state index contributed by atoms with van der Waals surface area (Å²) in [6.45, 7) is 6.42. The van der Waals surface area contributed by atoms with E-state index in [1.165, 1.54) is 27.9 Å². The zero-order chi connectivity index (χ0) is 20.5. The van der Waals surface area contributed by atoms with Crippen LogP contribution in [0.25, 0.3) is 0 Å². The highest BCUT2D eigenvalue weighted by Crippen LogP contribution is 2.42. The van der Waals surface area contributed by atoms with Crippen molar-refractivity contribution in [1.29, 1.82) is 0 Å². The summed E-state index contributed by atoms with van der Waals surface area (Å²) in [6, 6.07) is 0. The molecule has 2 heteroatoms. The Balaban J connectivity index is 1.60. The van der Waals surface area contributed by atoms with Crippen LogP contribution < -0.4 is 0 Å². The van der Waals surface area contributed by atoms with Crippen molar-refractivity contribution in [3.8, 4) is 0 Å². The Kier molecular flexibility index (Phi) is 5.72. The molecule has 0 nitrogen and oxygen atoms in total. The minimum absolute atomic E-state index is 0.242. The number of halogens is 2. The smallest absolute Gasteiger partial charge is 0.127 e. The normalized spacial score (nSPS) is 23.6. The Hall–Kier alpha value is -2.22. The lowest BCUT2D eigenvalue weighted by molar-refractivity contribution is 0.603. The number of hydrogen-bond acceptors (Lipinski definition) is 0. The molecule has 0 spiro atoms. The molecule has 0 unspecified atom stereocenters.